The lowest BCUT2D eigenvalue weighted by atomic mass is 10.1. The molecular weight excluding hydrogens is 254 g/mol. The molecule has 0 fully saturated rings. The first-order chi connectivity index (χ1) is 9.70. The molecule has 1 aromatic carbocycles. The summed E-state index contributed by atoms with van der Waals surface area (Å²) in [6.45, 7) is 0.483. The normalized spacial score (nSPS) is 10.6. The van der Waals surface area contributed by atoms with E-state index in [9.17, 15) is 4.79 Å². The Morgan fingerprint density at radius 1 is 1.40 bits per heavy atom. The third kappa shape index (κ3) is 3.33. The fourth-order valence-electron chi connectivity index (χ4n) is 1.82. The maximum Gasteiger partial charge on any atom is 0.328 e. The first kappa shape index (κ1) is 13.6. The zero-order valence-electron chi connectivity index (χ0n) is 10.7. The molecule has 2 aromatic rings. The van der Waals surface area contributed by atoms with E-state index in [2.05, 4.69) is 11.2 Å². The van der Waals surface area contributed by atoms with Gasteiger partial charge in [-0.1, -0.05) is 30.3 Å². The standard InChI is InChI=1S/C15H13N3O2/c16-9-4-10-18-11-13(7-8-14(19)20)15(17-18)12-5-2-1-3-6-12/h1-3,5-8,11H,4,10H2,(H,19,20)/b8-7+. The van der Waals surface area contributed by atoms with Gasteiger partial charge in [0.25, 0.3) is 0 Å². The molecule has 0 saturated carbocycles. The van der Waals surface area contributed by atoms with Crippen molar-refractivity contribution >= 4 is 12.0 Å². The van der Waals surface area contributed by atoms with Crippen LogP contribution in [0.3, 0.4) is 0 Å². The van der Waals surface area contributed by atoms with Gasteiger partial charge < -0.3 is 5.11 Å². The summed E-state index contributed by atoms with van der Waals surface area (Å²) >= 11 is 0. The minimum atomic E-state index is -1.01. The van der Waals surface area contributed by atoms with Crippen molar-refractivity contribution in [1.29, 1.82) is 5.26 Å². The van der Waals surface area contributed by atoms with Crippen molar-refractivity contribution in [3.63, 3.8) is 0 Å². The summed E-state index contributed by atoms with van der Waals surface area (Å²) in [7, 11) is 0. The van der Waals surface area contributed by atoms with Crippen LogP contribution >= 0.6 is 0 Å². The molecule has 1 N–H and O–H groups in total. The average molecular weight is 267 g/mol. The summed E-state index contributed by atoms with van der Waals surface area (Å²) in [4.78, 5) is 10.6. The highest BCUT2D eigenvalue weighted by Crippen LogP contribution is 2.23. The molecule has 0 bridgehead atoms. The van der Waals surface area contributed by atoms with E-state index in [-0.39, 0.29) is 0 Å². The van der Waals surface area contributed by atoms with Crippen LogP contribution in [0.4, 0.5) is 0 Å². The lowest BCUT2D eigenvalue weighted by molar-refractivity contribution is -0.131. The topological polar surface area (TPSA) is 78.9 Å². The fraction of sp³-hybridized carbons (Fsp3) is 0.133. The van der Waals surface area contributed by atoms with E-state index >= 15 is 0 Å². The summed E-state index contributed by atoms with van der Waals surface area (Å²) in [5, 5.41) is 21.8. The van der Waals surface area contributed by atoms with E-state index in [1.54, 1.807) is 10.9 Å². The van der Waals surface area contributed by atoms with Crippen LogP contribution in [0.15, 0.2) is 42.6 Å². The molecule has 100 valence electrons. The van der Waals surface area contributed by atoms with Crippen LogP contribution in [0.25, 0.3) is 17.3 Å². The van der Waals surface area contributed by atoms with Crippen LogP contribution in [-0.2, 0) is 11.3 Å². The van der Waals surface area contributed by atoms with Gasteiger partial charge in [-0.3, -0.25) is 4.68 Å². The highest BCUT2D eigenvalue weighted by Gasteiger charge is 2.09. The second-order valence-electron chi connectivity index (χ2n) is 4.14. The minimum Gasteiger partial charge on any atom is -0.478 e. The Balaban J connectivity index is 2.40. The molecule has 1 aromatic heterocycles. The van der Waals surface area contributed by atoms with Gasteiger partial charge in [-0.15, -0.1) is 0 Å². The summed E-state index contributed by atoms with van der Waals surface area (Å²) in [6.07, 6.45) is 4.70. The van der Waals surface area contributed by atoms with Crippen LogP contribution in [0, 0.1) is 11.3 Å². The van der Waals surface area contributed by atoms with Crippen molar-refractivity contribution in [3.8, 4) is 17.3 Å². The summed E-state index contributed by atoms with van der Waals surface area (Å²) < 4.78 is 1.66. The van der Waals surface area contributed by atoms with Gasteiger partial charge in [0.1, 0.15) is 0 Å². The molecule has 20 heavy (non-hydrogen) atoms. The third-order valence-corrected chi connectivity index (χ3v) is 2.70. The molecule has 0 amide bonds. The summed E-state index contributed by atoms with van der Waals surface area (Å²) in [6, 6.07) is 11.6. The number of aromatic nitrogens is 2. The highest BCUT2D eigenvalue weighted by molar-refractivity contribution is 5.87. The summed E-state index contributed by atoms with van der Waals surface area (Å²) in [5.74, 6) is -1.01. The lowest BCUT2D eigenvalue weighted by Gasteiger charge is -1.98. The second kappa shape index (κ2) is 6.34. The number of nitriles is 1. The van der Waals surface area contributed by atoms with E-state index in [0.29, 0.717) is 18.7 Å². The zero-order valence-corrected chi connectivity index (χ0v) is 10.7. The van der Waals surface area contributed by atoms with Crippen molar-refractivity contribution in [2.24, 2.45) is 0 Å². The predicted molar refractivity (Wildman–Crippen MR) is 74.6 cm³/mol. The number of hydrogen-bond donors (Lipinski definition) is 1. The molecule has 5 nitrogen and oxygen atoms in total. The largest absolute Gasteiger partial charge is 0.478 e. The Hall–Kier alpha value is -2.87. The quantitative estimate of drug-likeness (QED) is 0.844. The predicted octanol–water partition coefficient (Wildman–Crippen LogP) is 2.56. The van der Waals surface area contributed by atoms with Crippen molar-refractivity contribution < 1.29 is 9.90 Å². The van der Waals surface area contributed by atoms with Crippen molar-refractivity contribution in [3.05, 3.63) is 48.2 Å². The van der Waals surface area contributed by atoms with Gasteiger partial charge in [0.2, 0.25) is 0 Å². The van der Waals surface area contributed by atoms with Crippen LogP contribution in [0.5, 0.6) is 0 Å². The smallest absolute Gasteiger partial charge is 0.328 e. The van der Waals surface area contributed by atoms with Crippen LogP contribution in [-0.4, -0.2) is 20.9 Å². The Kier molecular flexibility index (Phi) is 4.30. The number of rotatable bonds is 5. The molecule has 1 heterocycles. The number of benzene rings is 1. The van der Waals surface area contributed by atoms with E-state index in [1.807, 2.05) is 30.3 Å². The Labute approximate surface area is 116 Å². The maximum absolute atomic E-state index is 10.6. The molecule has 0 aliphatic carbocycles. The highest BCUT2D eigenvalue weighted by atomic mass is 16.4. The number of nitrogens with zero attached hydrogens (tertiary/aromatic N) is 3. The van der Waals surface area contributed by atoms with Crippen molar-refractivity contribution in [2.45, 2.75) is 13.0 Å². The van der Waals surface area contributed by atoms with Gasteiger partial charge in [0.05, 0.1) is 24.7 Å². The van der Waals surface area contributed by atoms with E-state index in [4.69, 9.17) is 10.4 Å². The number of carbonyl (C=O) groups is 1. The Morgan fingerprint density at radius 2 is 2.15 bits per heavy atom. The first-order valence-electron chi connectivity index (χ1n) is 6.11. The van der Waals surface area contributed by atoms with E-state index in [1.165, 1.54) is 6.08 Å². The molecule has 2 rings (SSSR count). The molecular formula is C15H13N3O2. The van der Waals surface area contributed by atoms with Crippen molar-refractivity contribution in [2.75, 3.05) is 0 Å². The minimum absolute atomic E-state index is 0.359. The lowest BCUT2D eigenvalue weighted by Crippen LogP contribution is -1.97. The number of carboxylic acids is 1. The van der Waals surface area contributed by atoms with E-state index < -0.39 is 5.97 Å². The Morgan fingerprint density at radius 3 is 2.80 bits per heavy atom. The number of carboxylic acid groups (broad SMARTS) is 1. The average Bonchev–Trinajstić information content (AvgIpc) is 2.87. The van der Waals surface area contributed by atoms with Crippen molar-refractivity contribution in [1.82, 2.24) is 9.78 Å². The molecule has 5 heteroatoms. The SMILES string of the molecule is N#CCCn1cc(/C=C/C(=O)O)c(-c2ccccc2)n1. The monoisotopic (exact) mass is 267 g/mol. The van der Waals surface area contributed by atoms with Gasteiger partial charge in [0, 0.05) is 23.4 Å². The van der Waals surface area contributed by atoms with Crippen LogP contribution in [0.1, 0.15) is 12.0 Å². The summed E-state index contributed by atoms with van der Waals surface area (Å²) in [5.41, 5.74) is 2.34. The van der Waals surface area contributed by atoms with Gasteiger partial charge in [-0.05, 0) is 6.08 Å². The first-order valence-corrected chi connectivity index (χ1v) is 6.11. The molecule has 0 radical (unpaired) electrons. The molecule has 0 aliphatic heterocycles. The van der Waals surface area contributed by atoms with Gasteiger partial charge in [0.15, 0.2) is 0 Å². The van der Waals surface area contributed by atoms with E-state index in [0.717, 1.165) is 17.2 Å². The van der Waals surface area contributed by atoms with Gasteiger partial charge in [-0.2, -0.15) is 10.4 Å². The number of aliphatic carboxylic acids is 1. The molecule has 0 aliphatic rings. The third-order valence-electron chi connectivity index (χ3n) is 2.70. The number of hydrogen-bond acceptors (Lipinski definition) is 3. The maximum atomic E-state index is 10.6. The molecule has 0 unspecified atom stereocenters. The fourth-order valence-corrected chi connectivity index (χ4v) is 1.82. The molecule has 0 saturated heterocycles. The number of aryl methyl sites for hydroxylation is 1. The Bertz CT molecular complexity index is 666. The molecule has 0 spiro atoms. The second-order valence-corrected chi connectivity index (χ2v) is 4.14. The van der Waals surface area contributed by atoms with Gasteiger partial charge >= 0.3 is 5.97 Å². The zero-order chi connectivity index (χ0) is 14.4. The molecule has 0 atom stereocenters. The van der Waals surface area contributed by atoms with Gasteiger partial charge in [-0.25, -0.2) is 4.79 Å². The van der Waals surface area contributed by atoms with Crippen LogP contribution in [0.2, 0.25) is 0 Å². The van der Waals surface area contributed by atoms with Crippen LogP contribution < -0.4 is 0 Å².